The Morgan fingerprint density at radius 1 is 1.15 bits per heavy atom. The van der Waals surface area contributed by atoms with Crippen molar-refractivity contribution in [2.24, 2.45) is 5.73 Å². The van der Waals surface area contributed by atoms with Gasteiger partial charge in [0.25, 0.3) is 0 Å². The van der Waals surface area contributed by atoms with Gasteiger partial charge in [-0.05, 0) is 37.8 Å². The van der Waals surface area contributed by atoms with Gasteiger partial charge in [-0.25, -0.2) is 0 Å². The number of aromatic nitrogens is 3. The lowest BCUT2D eigenvalue weighted by Gasteiger charge is -2.31. The topological polar surface area (TPSA) is 78.4 Å². The first-order chi connectivity index (χ1) is 13.3. The Labute approximate surface area is 160 Å². The van der Waals surface area contributed by atoms with Crippen LogP contribution in [0.1, 0.15) is 43.3 Å². The first kappa shape index (κ1) is 18.3. The summed E-state index contributed by atoms with van der Waals surface area (Å²) in [6, 6.07) is 8.55. The third kappa shape index (κ3) is 3.94. The molecule has 2 N–H and O–H groups in total. The molecule has 1 aromatic carbocycles. The van der Waals surface area contributed by atoms with Gasteiger partial charge in [0.2, 0.25) is 0 Å². The normalized spacial score (nSPS) is 22.1. The van der Waals surface area contributed by atoms with Crippen LogP contribution < -0.4 is 15.4 Å². The lowest BCUT2D eigenvalue weighted by molar-refractivity contribution is 0.180. The molecule has 2 aliphatic rings. The second kappa shape index (κ2) is 8.27. The molecule has 1 aliphatic carbocycles. The summed E-state index contributed by atoms with van der Waals surface area (Å²) in [6.45, 7) is 3.95. The molecule has 1 saturated carbocycles. The highest BCUT2D eigenvalue weighted by Crippen LogP contribution is 2.35. The largest absolute Gasteiger partial charge is 0.483 e. The highest BCUT2D eigenvalue weighted by molar-refractivity contribution is 5.58. The Hall–Kier alpha value is -2.12. The smallest absolute Gasteiger partial charge is 0.171 e. The van der Waals surface area contributed by atoms with Crippen molar-refractivity contribution < 1.29 is 9.47 Å². The molecule has 0 bridgehead atoms. The molecule has 7 nitrogen and oxygen atoms in total. The molecule has 0 radical (unpaired) electrons. The number of nitrogens with zero attached hydrogens (tertiary/aromatic N) is 4. The van der Waals surface area contributed by atoms with Gasteiger partial charge in [0.05, 0.1) is 12.3 Å². The number of hydrogen-bond donors (Lipinski definition) is 1. The number of para-hydroxylation sites is 2. The maximum atomic E-state index is 6.19. The van der Waals surface area contributed by atoms with Crippen LogP contribution in [0.3, 0.4) is 0 Å². The second-order valence-corrected chi connectivity index (χ2v) is 7.50. The monoisotopic (exact) mass is 371 g/mol. The van der Waals surface area contributed by atoms with E-state index in [1.807, 2.05) is 12.1 Å². The highest BCUT2D eigenvalue weighted by atomic mass is 16.5. The van der Waals surface area contributed by atoms with E-state index >= 15 is 0 Å². The number of rotatable bonds is 8. The number of methoxy groups -OCH3 is 1. The van der Waals surface area contributed by atoms with Gasteiger partial charge in [-0.1, -0.05) is 12.1 Å². The zero-order chi connectivity index (χ0) is 18.6. The van der Waals surface area contributed by atoms with Crippen LogP contribution in [0, 0.1) is 0 Å². The fourth-order valence-corrected chi connectivity index (χ4v) is 4.00. The van der Waals surface area contributed by atoms with Crippen molar-refractivity contribution in [1.29, 1.82) is 0 Å². The van der Waals surface area contributed by atoms with Crippen LogP contribution in [0.4, 0.5) is 5.69 Å². The maximum absolute atomic E-state index is 6.19. The third-order valence-corrected chi connectivity index (χ3v) is 5.58. The molecule has 7 heteroatoms. The van der Waals surface area contributed by atoms with E-state index in [9.17, 15) is 0 Å². The highest BCUT2D eigenvalue weighted by Gasteiger charge is 2.32. The van der Waals surface area contributed by atoms with Crippen LogP contribution >= 0.6 is 0 Å². The van der Waals surface area contributed by atoms with E-state index in [2.05, 4.69) is 31.8 Å². The van der Waals surface area contributed by atoms with E-state index in [1.54, 1.807) is 7.11 Å². The SMILES string of the molecule is COCCn1c(COc2ccccc2N2CCCC2)nnc1C1CC(N)C1. The quantitative estimate of drug-likeness (QED) is 0.767. The minimum absolute atomic E-state index is 0.287. The molecule has 0 amide bonds. The molecule has 2 fully saturated rings. The Morgan fingerprint density at radius 2 is 1.93 bits per heavy atom. The summed E-state index contributed by atoms with van der Waals surface area (Å²) < 4.78 is 13.6. The molecule has 1 aromatic heterocycles. The third-order valence-electron chi connectivity index (χ3n) is 5.58. The molecule has 1 saturated heterocycles. The van der Waals surface area contributed by atoms with Crippen LogP contribution in [0.25, 0.3) is 0 Å². The predicted octanol–water partition coefficient (Wildman–Crippen LogP) is 2.31. The van der Waals surface area contributed by atoms with E-state index in [-0.39, 0.29) is 6.04 Å². The average Bonchev–Trinajstić information content (AvgIpc) is 3.32. The molecule has 146 valence electrons. The summed E-state index contributed by atoms with van der Waals surface area (Å²) in [6.07, 6.45) is 4.44. The summed E-state index contributed by atoms with van der Waals surface area (Å²) >= 11 is 0. The number of ether oxygens (including phenoxy) is 2. The maximum Gasteiger partial charge on any atom is 0.171 e. The van der Waals surface area contributed by atoms with Gasteiger partial charge in [0.1, 0.15) is 18.2 Å². The molecular formula is C20H29N5O2. The zero-order valence-electron chi connectivity index (χ0n) is 16.0. The van der Waals surface area contributed by atoms with Crippen LogP contribution in [-0.2, 0) is 17.9 Å². The number of benzene rings is 1. The van der Waals surface area contributed by atoms with E-state index in [4.69, 9.17) is 15.2 Å². The Kier molecular flexibility index (Phi) is 5.59. The fourth-order valence-electron chi connectivity index (χ4n) is 4.00. The average molecular weight is 371 g/mol. The Bertz CT molecular complexity index is 751. The number of hydrogen-bond acceptors (Lipinski definition) is 6. The molecule has 2 heterocycles. The van der Waals surface area contributed by atoms with Crippen molar-refractivity contribution in [3.05, 3.63) is 35.9 Å². The van der Waals surface area contributed by atoms with E-state index in [0.29, 0.717) is 19.1 Å². The zero-order valence-corrected chi connectivity index (χ0v) is 16.0. The van der Waals surface area contributed by atoms with Crippen molar-refractivity contribution >= 4 is 5.69 Å². The molecule has 1 aliphatic heterocycles. The van der Waals surface area contributed by atoms with Crippen LogP contribution in [0.15, 0.2) is 24.3 Å². The fraction of sp³-hybridized carbons (Fsp3) is 0.600. The summed E-state index contributed by atoms with van der Waals surface area (Å²) in [7, 11) is 1.71. The molecule has 0 atom stereocenters. The van der Waals surface area contributed by atoms with Crippen LogP contribution in [0.2, 0.25) is 0 Å². The van der Waals surface area contributed by atoms with Crippen molar-refractivity contribution in [2.75, 3.05) is 31.7 Å². The molecular weight excluding hydrogens is 342 g/mol. The van der Waals surface area contributed by atoms with Crippen molar-refractivity contribution in [2.45, 2.75) is 50.8 Å². The summed E-state index contributed by atoms with van der Waals surface area (Å²) in [5.41, 5.74) is 7.13. The number of anilines is 1. The summed E-state index contributed by atoms with van der Waals surface area (Å²) in [5, 5.41) is 8.87. The molecule has 0 unspecified atom stereocenters. The standard InChI is InChI=1S/C20H29N5O2/c1-26-11-10-25-19(22-23-20(25)15-12-16(21)13-15)14-27-18-7-3-2-6-17(18)24-8-4-5-9-24/h2-3,6-7,15-16H,4-5,8-14,21H2,1H3. The minimum Gasteiger partial charge on any atom is -0.483 e. The molecule has 27 heavy (non-hydrogen) atoms. The van der Waals surface area contributed by atoms with Gasteiger partial charge >= 0.3 is 0 Å². The lowest BCUT2D eigenvalue weighted by atomic mass is 9.80. The van der Waals surface area contributed by atoms with Gasteiger partial charge in [0, 0.05) is 38.7 Å². The van der Waals surface area contributed by atoms with Gasteiger partial charge < -0.3 is 24.7 Å². The minimum atomic E-state index is 0.287. The first-order valence-electron chi connectivity index (χ1n) is 9.89. The predicted molar refractivity (Wildman–Crippen MR) is 104 cm³/mol. The molecule has 0 spiro atoms. The summed E-state index contributed by atoms with van der Waals surface area (Å²) in [4.78, 5) is 2.40. The van der Waals surface area contributed by atoms with E-state index in [1.165, 1.54) is 18.5 Å². The number of nitrogens with two attached hydrogens (primary N) is 1. The molecule has 4 rings (SSSR count). The summed E-state index contributed by atoms with van der Waals surface area (Å²) in [5.74, 6) is 3.17. The van der Waals surface area contributed by atoms with Gasteiger partial charge in [0.15, 0.2) is 5.82 Å². The van der Waals surface area contributed by atoms with E-state index < -0.39 is 0 Å². The van der Waals surface area contributed by atoms with Crippen molar-refractivity contribution in [3.63, 3.8) is 0 Å². The van der Waals surface area contributed by atoms with Crippen LogP contribution in [-0.4, -0.2) is 47.6 Å². The van der Waals surface area contributed by atoms with Gasteiger partial charge in [-0.15, -0.1) is 10.2 Å². The van der Waals surface area contributed by atoms with Crippen molar-refractivity contribution in [3.8, 4) is 5.75 Å². The lowest BCUT2D eigenvalue weighted by Crippen LogP contribution is -2.36. The Morgan fingerprint density at radius 3 is 2.67 bits per heavy atom. The van der Waals surface area contributed by atoms with E-state index in [0.717, 1.165) is 49.9 Å². The second-order valence-electron chi connectivity index (χ2n) is 7.50. The molecule has 2 aromatic rings. The van der Waals surface area contributed by atoms with Crippen LogP contribution in [0.5, 0.6) is 5.75 Å². The van der Waals surface area contributed by atoms with Crippen molar-refractivity contribution in [1.82, 2.24) is 14.8 Å². The first-order valence-corrected chi connectivity index (χ1v) is 9.89. The van der Waals surface area contributed by atoms with Gasteiger partial charge in [-0.2, -0.15) is 0 Å². The Balaban J connectivity index is 1.49. The van der Waals surface area contributed by atoms with Gasteiger partial charge in [-0.3, -0.25) is 0 Å².